The Hall–Kier alpha value is -2.10. The van der Waals surface area contributed by atoms with Crippen molar-refractivity contribution in [1.82, 2.24) is 5.32 Å². The minimum atomic E-state index is -0.364. The van der Waals surface area contributed by atoms with E-state index in [-0.39, 0.29) is 17.9 Å². The number of rotatable bonds is 5. The van der Waals surface area contributed by atoms with Crippen LogP contribution in [0.5, 0.6) is 0 Å². The van der Waals surface area contributed by atoms with Crippen molar-refractivity contribution in [2.75, 3.05) is 7.11 Å². The summed E-state index contributed by atoms with van der Waals surface area (Å²) < 4.78 is 4.63. The average Bonchev–Trinajstić information content (AvgIpc) is 3.29. The fraction of sp³-hybridized carbons (Fsp3) is 0.375. The monoisotopic (exact) mass is 273 g/mol. The minimum absolute atomic E-state index is 0.0820. The topological polar surface area (TPSA) is 55.4 Å². The Morgan fingerprint density at radius 3 is 2.50 bits per heavy atom. The van der Waals surface area contributed by atoms with Crippen molar-refractivity contribution in [2.45, 2.75) is 25.8 Å². The molecule has 20 heavy (non-hydrogen) atoms. The van der Waals surface area contributed by atoms with Gasteiger partial charge in [0.1, 0.15) is 0 Å². The van der Waals surface area contributed by atoms with Crippen LogP contribution in [0.2, 0.25) is 0 Å². The molecule has 1 aliphatic rings. The minimum Gasteiger partial charge on any atom is -0.465 e. The lowest BCUT2D eigenvalue weighted by Crippen LogP contribution is -2.32. The molecular formula is C16H19NO3. The van der Waals surface area contributed by atoms with Crippen LogP contribution in [0, 0.1) is 5.92 Å². The van der Waals surface area contributed by atoms with E-state index in [0.717, 1.165) is 5.56 Å². The molecule has 1 atom stereocenters. The number of carbonyl (C=O) groups excluding carboxylic acids is 2. The van der Waals surface area contributed by atoms with Crippen molar-refractivity contribution in [3.8, 4) is 0 Å². The standard InChI is InChI=1S/C16H19NO3/c1-11(13-8-9-13)17-15(18)10-5-12-3-6-14(7-4-12)16(19)20-2/h3-7,10-11,13H,8-9H2,1-2H3,(H,17,18)/b10-5+. The molecule has 0 bridgehead atoms. The summed E-state index contributed by atoms with van der Waals surface area (Å²) in [4.78, 5) is 23.0. The summed E-state index contributed by atoms with van der Waals surface area (Å²) in [5.74, 6) is 0.199. The van der Waals surface area contributed by atoms with Gasteiger partial charge in [0, 0.05) is 12.1 Å². The van der Waals surface area contributed by atoms with Gasteiger partial charge in [0.05, 0.1) is 12.7 Å². The van der Waals surface area contributed by atoms with Gasteiger partial charge in [-0.05, 0) is 49.5 Å². The Kier molecular flexibility index (Phi) is 4.56. The van der Waals surface area contributed by atoms with Gasteiger partial charge >= 0.3 is 5.97 Å². The molecule has 1 fully saturated rings. The second-order valence-corrected chi connectivity index (χ2v) is 5.08. The van der Waals surface area contributed by atoms with Gasteiger partial charge in [0.25, 0.3) is 0 Å². The van der Waals surface area contributed by atoms with E-state index < -0.39 is 0 Å². The maximum atomic E-state index is 11.7. The third-order valence-corrected chi connectivity index (χ3v) is 3.46. The molecule has 0 saturated heterocycles. The maximum absolute atomic E-state index is 11.7. The summed E-state index contributed by atoms with van der Waals surface area (Å²) >= 11 is 0. The van der Waals surface area contributed by atoms with E-state index >= 15 is 0 Å². The molecule has 1 aromatic rings. The highest BCUT2D eigenvalue weighted by molar-refractivity contribution is 5.92. The molecule has 1 amide bonds. The van der Waals surface area contributed by atoms with E-state index in [9.17, 15) is 9.59 Å². The van der Waals surface area contributed by atoms with E-state index in [1.165, 1.54) is 26.0 Å². The normalized spacial score (nSPS) is 15.9. The highest BCUT2D eigenvalue weighted by Crippen LogP contribution is 2.32. The van der Waals surface area contributed by atoms with E-state index in [2.05, 4.69) is 10.1 Å². The van der Waals surface area contributed by atoms with Crippen LogP contribution in [0.1, 0.15) is 35.7 Å². The lowest BCUT2D eigenvalue weighted by atomic mass is 10.1. The number of amides is 1. The Balaban J connectivity index is 1.89. The third-order valence-electron chi connectivity index (χ3n) is 3.46. The van der Waals surface area contributed by atoms with Gasteiger partial charge in [0.15, 0.2) is 0 Å². The molecule has 1 unspecified atom stereocenters. The SMILES string of the molecule is COC(=O)c1ccc(/C=C/C(=O)NC(C)C2CC2)cc1. The van der Waals surface area contributed by atoms with Gasteiger partial charge in [-0.3, -0.25) is 4.79 Å². The first-order valence-corrected chi connectivity index (χ1v) is 6.77. The summed E-state index contributed by atoms with van der Waals surface area (Å²) in [7, 11) is 1.35. The second kappa shape index (κ2) is 6.37. The first kappa shape index (κ1) is 14.3. The first-order valence-electron chi connectivity index (χ1n) is 6.77. The Labute approximate surface area is 118 Å². The predicted molar refractivity (Wildman–Crippen MR) is 77.1 cm³/mol. The van der Waals surface area contributed by atoms with Gasteiger partial charge in [-0.1, -0.05) is 12.1 Å². The smallest absolute Gasteiger partial charge is 0.337 e. The summed E-state index contributed by atoms with van der Waals surface area (Å²) in [6, 6.07) is 7.15. The van der Waals surface area contributed by atoms with E-state index in [0.29, 0.717) is 11.5 Å². The number of hydrogen-bond acceptors (Lipinski definition) is 3. The molecule has 1 aliphatic carbocycles. The van der Waals surface area contributed by atoms with Crippen molar-refractivity contribution in [3.05, 3.63) is 41.5 Å². The molecule has 1 N–H and O–H groups in total. The predicted octanol–water partition coefficient (Wildman–Crippen LogP) is 2.40. The van der Waals surface area contributed by atoms with Gasteiger partial charge in [-0.2, -0.15) is 0 Å². The maximum Gasteiger partial charge on any atom is 0.337 e. The number of esters is 1. The van der Waals surface area contributed by atoms with Crippen LogP contribution < -0.4 is 5.32 Å². The Bertz CT molecular complexity index is 515. The van der Waals surface area contributed by atoms with Crippen molar-refractivity contribution < 1.29 is 14.3 Å². The second-order valence-electron chi connectivity index (χ2n) is 5.08. The molecule has 2 rings (SSSR count). The largest absolute Gasteiger partial charge is 0.465 e. The van der Waals surface area contributed by atoms with Crippen molar-refractivity contribution in [2.24, 2.45) is 5.92 Å². The lowest BCUT2D eigenvalue weighted by Gasteiger charge is -2.10. The Morgan fingerprint density at radius 2 is 1.95 bits per heavy atom. The van der Waals surface area contributed by atoms with E-state index in [1.54, 1.807) is 30.3 Å². The zero-order valence-electron chi connectivity index (χ0n) is 11.8. The van der Waals surface area contributed by atoms with Crippen LogP contribution in [0.15, 0.2) is 30.3 Å². The summed E-state index contributed by atoms with van der Waals surface area (Å²) in [6.45, 7) is 2.04. The highest BCUT2D eigenvalue weighted by Gasteiger charge is 2.28. The van der Waals surface area contributed by atoms with Gasteiger partial charge in [-0.15, -0.1) is 0 Å². The van der Waals surface area contributed by atoms with Gasteiger partial charge < -0.3 is 10.1 Å². The molecule has 0 spiro atoms. The Morgan fingerprint density at radius 1 is 1.30 bits per heavy atom. The van der Waals surface area contributed by atoms with Crippen LogP contribution in [0.4, 0.5) is 0 Å². The zero-order chi connectivity index (χ0) is 14.5. The van der Waals surface area contributed by atoms with E-state index in [1.807, 2.05) is 6.92 Å². The summed E-state index contributed by atoms with van der Waals surface area (Å²) in [5, 5.41) is 2.95. The third kappa shape index (κ3) is 3.95. The molecule has 4 nitrogen and oxygen atoms in total. The van der Waals surface area contributed by atoms with Crippen molar-refractivity contribution in [3.63, 3.8) is 0 Å². The van der Waals surface area contributed by atoms with Crippen LogP contribution in [0.3, 0.4) is 0 Å². The fourth-order valence-electron chi connectivity index (χ4n) is 2.01. The number of benzene rings is 1. The first-order chi connectivity index (χ1) is 9.60. The lowest BCUT2D eigenvalue weighted by molar-refractivity contribution is -0.117. The number of ether oxygens (including phenoxy) is 1. The summed E-state index contributed by atoms with van der Waals surface area (Å²) in [6.07, 6.45) is 5.67. The highest BCUT2D eigenvalue weighted by atomic mass is 16.5. The van der Waals surface area contributed by atoms with Crippen LogP contribution >= 0.6 is 0 Å². The molecule has 0 radical (unpaired) electrons. The van der Waals surface area contributed by atoms with Gasteiger partial charge in [0.2, 0.25) is 5.91 Å². The molecule has 1 saturated carbocycles. The van der Waals surface area contributed by atoms with Gasteiger partial charge in [-0.25, -0.2) is 4.79 Å². The zero-order valence-corrected chi connectivity index (χ0v) is 11.8. The molecule has 106 valence electrons. The summed E-state index contributed by atoms with van der Waals surface area (Å²) in [5.41, 5.74) is 1.36. The van der Waals surface area contributed by atoms with Crippen LogP contribution in [-0.4, -0.2) is 25.0 Å². The van der Waals surface area contributed by atoms with Crippen molar-refractivity contribution >= 4 is 18.0 Å². The number of nitrogens with one attached hydrogen (secondary N) is 1. The molecule has 1 aromatic carbocycles. The molecule has 0 heterocycles. The van der Waals surface area contributed by atoms with Crippen LogP contribution in [-0.2, 0) is 9.53 Å². The average molecular weight is 273 g/mol. The molecular weight excluding hydrogens is 254 g/mol. The molecule has 0 aromatic heterocycles. The van der Waals surface area contributed by atoms with Crippen molar-refractivity contribution in [1.29, 1.82) is 0 Å². The number of carbonyl (C=O) groups is 2. The quantitative estimate of drug-likeness (QED) is 0.662. The number of methoxy groups -OCH3 is 1. The molecule has 4 heteroatoms. The van der Waals surface area contributed by atoms with Crippen LogP contribution in [0.25, 0.3) is 6.08 Å². The van der Waals surface area contributed by atoms with E-state index in [4.69, 9.17) is 0 Å². The molecule has 0 aliphatic heterocycles. The number of hydrogen-bond donors (Lipinski definition) is 1. The fourth-order valence-corrected chi connectivity index (χ4v) is 2.01.